The molecule has 1 N–H and O–H groups in total. The molecule has 0 bridgehead atoms. The molecule has 0 saturated heterocycles. The fourth-order valence-electron chi connectivity index (χ4n) is 3.42. The van der Waals surface area contributed by atoms with E-state index in [1.54, 1.807) is 18.2 Å². The zero-order chi connectivity index (χ0) is 24.6. The predicted octanol–water partition coefficient (Wildman–Crippen LogP) is 3.75. The van der Waals surface area contributed by atoms with E-state index in [0.717, 1.165) is 28.1 Å². The summed E-state index contributed by atoms with van der Waals surface area (Å²) in [6.07, 6.45) is 2.20. The van der Waals surface area contributed by atoms with Crippen molar-refractivity contribution in [2.75, 3.05) is 23.7 Å². The number of anilines is 1. The lowest BCUT2D eigenvalue weighted by Gasteiger charge is -2.33. The summed E-state index contributed by atoms with van der Waals surface area (Å²) in [7, 11) is -3.78. The van der Waals surface area contributed by atoms with E-state index < -0.39 is 28.5 Å². The zero-order valence-electron chi connectivity index (χ0n) is 19.5. The first-order chi connectivity index (χ1) is 15.6. The summed E-state index contributed by atoms with van der Waals surface area (Å²) in [5.41, 5.74) is 2.22. The smallest absolute Gasteiger partial charge is 0.244 e. The molecule has 2 rings (SSSR count). The van der Waals surface area contributed by atoms with Gasteiger partial charge in [0.2, 0.25) is 21.8 Å². The number of hydrogen-bond acceptors (Lipinski definition) is 4. The maximum absolute atomic E-state index is 13.5. The van der Waals surface area contributed by atoms with Gasteiger partial charge in [0, 0.05) is 18.1 Å². The van der Waals surface area contributed by atoms with Crippen molar-refractivity contribution in [2.45, 2.75) is 46.2 Å². The SMILES string of the molecule is CCCNC(=O)[C@H](CC)N(Cc1ccc(C)cc1)C(=O)CN(c1cccc(Cl)c1)S(C)(=O)=O. The van der Waals surface area contributed by atoms with Crippen LogP contribution in [-0.2, 0) is 26.2 Å². The van der Waals surface area contributed by atoms with Gasteiger partial charge in [-0.3, -0.25) is 13.9 Å². The molecule has 0 spiro atoms. The van der Waals surface area contributed by atoms with Crippen LogP contribution in [0.25, 0.3) is 0 Å². The van der Waals surface area contributed by atoms with E-state index in [1.807, 2.05) is 45.0 Å². The average molecular weight is 494 g/mol. The van der Waals surface area contributed by atoms with Gasteiger partial charge < -0.3 is 10.2 Å². The van der Waals surface area contributed by atoms with Crippen LogP contribution >= 0.6 is 11.6 Å². The van der Waals surface area contributed by atoms with Gasteiger partial charge in [-0.25, -0.2) is 8.42 Å². The van der Waals surface area contributed by atoms with Crippen molar-refractivity contribution < 1.29 is 18.0 Å². The van der Waals surface area contributed by atoms with Gasteiger partial charge >= 0.3 is 0 Å². The highest BCUT2D eigenvalue weighted by molar-refractivity contribution is 7.92. The van der Waals surface area contributed by atoms with E-state index in [-0.39, 0.29) is 18.1 Å². The second-order valence-corrected chi connectivity index (χ2v) is 10.3. The molecule has 0 radical (unpaired) electrons. The van der Waals surface area contributed by atoms with Crippen LogP contribution in [-0.4, -0.2) is 50.5 Å². The van der Waals surface area contributed by atoms with Gasteiger partial charge in [-0.2, -0.15) is 0 Å². The molecule has 1 atom stereocenters. The Morgan fingerprint density at radius 2 is 1.76 bits per heavy atom. The number of carbonyl (C=O) groups is 2. The van der Waals surface area contributed by atoms with Crippen LogP contribution in [0.3, 0.4) is 0 Å². The van der Waals surface area contributed by atoms with E-state index >= 15 is 0 Å². The summed E-state index contributed by atoms with van der Waals surface area (Å²) in [5, 5.41) is 3.21. The maximum atomic E-state index is 13.5. The molecule has 0 fully saturated rings. The van der Waals surface area contributed by atoms with Gasteiger partial charge in [0.1, 0.15) is 12.6 Å². The number of sulfonamides is 1. The average Bonchev–Trinajstić information content (AvgIpc) is 2.76. The molecular weight excluding hydrogens is 462 g/mol. The van der Waals surface area contributed by atoms with Crippen LogP contribution in [0, 0.1) is 6.92 Å². The molecule has 0 aromatic heterocycles. The largest absolute Gasteiger partial charge is 0.354 e. The Morgan fingerprint density at radius 1 is 1.09 bits per heavy atom. The molecule has 0 unspecified atom stereocenters. The molecule has 180 valence electrons. The van der Waals surface area contributed by atoms with E-state index in [1.165, 1.54) is 11.0 Å². The number of halogens is 1. The van der Waals surface area contributed by atoms with Crippen LogP contribution in [0.1, 0.15) is 37.8 Å². The maximum Gasteiger partial charge on any atom is 0.244 e. The van der Waals surface area contributed by atoms with Gasteiger partial charge in [-0.15, -0.1) is 0 Å². The third kappa shape index (κ3) is 7.75. The first kappa shape index (κ1) is 26.7. The Labute approximate surface area is 201 Å². The third-order valence-corrected chi connectivity index (χ3v) is 6.56. The van der Waals surface area contributed by atoms with E-state index in [0.29, 0.717) is 18.0 Å². The van der Waals surface area contributed by atoms with Gasteiger partial charge in [-0.05, 0) is 43.5 Å². The summed E-state index contributed by atoms with van der Waals surface area (Å²) < 4.78 is 26.1. The number of nitrogens with zero attached hydrogens (tertiary/aromatic N) is 2. The Bertz CT molecular complexity index is 1060. The molecule has 0 aliphatic heterocycles. The van der Waals surface area contributed by atoms with Gasteiger partial charge in [0.25, 0.3) is 0 Å². The van der Waals surface area contributed by atoms with E-state index in [9.17, 15) is 18.0 Å². The van der Waals surface area contributed by atoms with Crippen LogP contribution in [0.2, 0.25) is 5.02 Å². The molecule has 0 aliphatic carbocycles. The minimum absolute atomic E-state index is 0.185. The van der Waals surface area contributed by atoms with Crippen molar-refractivity contribution in [1.82, 2.24) is 10.2 Å². The fraction of sp³-hybridized carbons (Fsp3) is 0.417. The normalized spacial score (nSPS) is 12.2. The lowest BCUT2D eigenvalue weighted by atomic mass is 10.1. The van der Waals surface area contributed by atoms with Crippen molar-refractivity contribution in [3.05, 3.63) is 64.7 Å². The zero-order valence-corrected chi connectivity index (χ0v) is 21.1. The molecule has 2 aromatic rings. The number of carbonyl (C=O) groups excluding carboxylic acids is 2. The van der Waals surface area contributed by atoms with Crippen LogP contribution in [0.4, 0.5) is 5.69 Å². The van der Waals surface area contributed by atoms with Crippen molar-refractivity contribution in [1.29, 1.82) is 0 Å². The van der Waals surface area contributed by atoms with Crippen molar-refractivity contribution in [3.8, 4) is 0 Å². The summed E-state index contributed by atoms with van der Waals surface area (Å²) in [6.45, 7) is 5.99. The van der Waals surface area contributed by atoms with Crippen molar-refractivity contribution in [2.24, 2.45) is 0 Å². The molecule has 0 saturated carbocycles. The Balaban J connectivity index is 2.41. The number of amides is 2. The minimum atomic E-state index is -3.78. The molecule has 2 amide bonds. The quantitative estimate of drug-likeness (QED) is 0.516. The monoisotopic (exact) mass is 493 g/mol. The number of benzene rings is 2. The second kappa shape index (κ2) is 12.0. The molecular formula is C24H32ClN3O4S. The first-order valence-corrected chi connectivity index (χ1v) is 13.2. The highest BCUT2D eigenvalue weighted by Gasteiger charge is 2.31. The van der Waals surface area contributed by atoms with Gasteiger partial charge in [0.15, 0.2) is 0 Å². The Hall–Kier alpha value is -2.58. The van der Waals surface area contributed by atoms with E-state index in [2.05, 4.69) is 5.32 Å². The lowest BCUT2D eigenvalue weighted by Crippen LogP contribution is -2.52. The lowest BCUT2D eigenvalue weighted by molar-refractivity contribution is -0.140. The van der Waals surface area contributed by atoms with Gasteiger partial charge in [-0.1, -0.05) is 61.3 Å². The van der Waals surface area contributed by atoms with Crippen molar-refractivity contribution >= 4 is 39.1 Å². The molecule has 0 heterocycles. The third-order valence-electron chi connectivity index (χ3n) is 5.18. The summed E-state index contributed by atoms with van der Waals surface area (Å²) in [4.78, 5) is 27.8. The highest BCUT2D eigenvalue weighted by atomic mass is 35.5. The first-order valence-electron chi connectivity index (χ1n) is 10.9. The summed E-state index contributed by atoms with van der Waals surface area (Å²) >= 11 is 6.05. The molecule has 2 aromatic carbocycles. The highest BCUT2D eigenvalue weighted by Crippen LogP contribution is 2.23. The number of hydrogen-bond donors (Lipinski definition) is 1. The summed E-state index contributed by atoms with van der Waals surface area (Å²) in [5.74, 6) is -0.729. The van der Waals surface area contributed by atoms with Crippen molar-refractivity contribution in [3.63, 3.8) is 0 Å². The molecule has 7 nitrogen and oxygen atoms in total. The number of rotatable bonds is 11. The number of nitrogens with one attached hydrogen (secondary N) is 1. The Kier molecular flexibility index (Phi) is 9.73. The van der Waals surface area contributed by atoms with Crippen LogP contribution < -0.4 is 9.62 Å². The standard InChI is InChI=1S/C24H32ClN3O4S/c1-5-14-26-24(30)22(6-2)27(16-19-12-10-18(3)11-13-19)23(29)17-28(33(4,31)32)21-9-7-8-20(25)15-21/h7-13,15,22H,5-6,14,16-17H2,1-4H3,(H,26,30)/t22-/m0/s1. The molecule has 9 heteroatoms. The second-order valence-electron chi connectivity index (χ2n) is 7.97. The molecule has 0 aliphatic rings. The fourth-order valence-corrected chi connectivity index (χ4v) is 4.45. The summed E-state index contributed by atoms with van der Waals surface area (Å²) in [6, 6.07) is 13.3. The Morgan fingerprint density at radius 3 is 2.30 bits per heavy atom. The number of aryl methyl sites for hydroxylation is 1. The minimum Gasteiger partial charge on any atom is -0.354 e. The van der Waals surface area contributed by atoms with Crippen LogP contribution in [0.5, 0.6) is 0 Å². The van der Waals surface area contributed by atoms with Crippen LogP contribution in [0.15, 0.2) is 48.5 Å². The van der Waals surface area contributed by atoms with E-state index in [4.69, 9.17) is 11.6 Å². The molecule has 33 heavy (non-hydrogen) atoms. The van der Waals surface area contributed by atoms with Gasteiger partial charge in [0.05, 0.1) is 11.9 Å². The predicted molar refractivity (Wildman–Crippen MR) is 133 cm³/mol. The topological polar surface area (TPSA) is 86.8 Å².